The zero-order valence-corrected chi connectivity index (χ0v) is 8.86. The molecule has 0 spiro atoms. The van der Waals surface area contributed by atoms with E-state index in [2.05, 4.69) is 5.32 Å². The number of hydrogen-bond acceptors (Lipinski definition) is 2. The number of hydrogen-bond donors (Lipinski definition) is 2. The van der Waals surface area contributed by atoms with E-state index in [0.29, 0.717) is 6.54 Å². The summed E-state index contributed by atoms with van der Waals surface area (Å²) >= 11 is 0. The van der Waals surface area contributed by atoms with Crippen molar-refractivity contribution in [2.75, 3.05) is 6.54 Å². The Morgan fingerprint density at radius 1 is 1.50 bits per heavy atom. The maximum absolute atomic E-state index is 11.1. The van der Waals surface area contributed by atoms with Crippen LogP contribution < -0.4 is 5.32 Å². The van der Waals surface area contributed by atoms with Crippen LogP contribution in [0.4, 0.5) is 0 Å². The molecule has 1 amide bonds. The molecule has 0 fully saturated rings. The normalized spacial score (nSPS) is 13.6. The molecule has 3 heteroatoms. The molecule has 0 radical (unpaired) electrons. The molecule has 0 saturated carbocycles. The standard InChI is InChI=1S/C11H19NO2/c1-3-5-6-8-11(14)12-9-10(13)7-4-2/h3,5-6,8,10,13H,4,7,9H2,1-2H3,(H,12,14)/b5-3?,8-6+. The lowest BCUT2D eigenvalue weighted by atomic mass is 10.2. The van der Waals surface area contributed by atoms with Gasteiger partial charge in [-0.1, -0.05) is 31.6 Å². The van der Waals surface area contributed by atoms with Crippen LogP contribution in [0.2, 0.25) is 0 Å². The summed E-state index contributed by atoms with van der Waals surface area (Å²) in [7, 11) is 0. The highest BCUT2D eigenvalue weighted by atomic mass is 16.3. The average Bonchev–Trinajstić information content (AvgIpc) is 2.16. The average molecular weight is 197 g/mol. The van der Waals surface area contributed by atoms with Gasteiger partial charge in [-0.15, -0.1) is 0 Å². The quantitative estimate of drug-likeness (QED) is 0.499. The predicted octanol–water partition coefficient (Wildman–Crippen LogP) is 1.40. The number of aliphatic hydroxyl groups is 1. The Labute approximate surface area is 85.5 Å². The summed E-state index contributed by atoms with van der Waals surface area (Å²) in [5, 5.41) is 11.9. The Kier molecular flexibility index (Phi) is 7.84. The Balaban J connectivity index is 3.63. The first-order valence-electron chi connectivity index (χ1n) is 4.96. The predicted molar refractivity (Wildman–Crippen MR) is 57.9 cm³/mol. The molecular formula is C11H19NO2. The van der Waals surface area contributed by atoms with Gasteiger partial charge in [-0.2, -0.15) is 0 Å². The molecule has 14 heavy (non-hydrogen) atoms. The van der Waals surface area contributed by atoms with E-state index in [1.54, 1.807) is 12.2 Å². The minimum atomic E-state index is -0.431. The SMILES string of the molecule is CC=C/C=C/C(=O)NCC(O)CCC. The molecule has 80 valence electrons. The highest BCUT2D eigenvalue weighted by Crippen LogP contribution is 1.93. The van der Waals surface area contributed by atoms with Crippen molar-refractivity contribution in [2.24, 2.45) is 0 Å². The lowest BCUT2D eigenvalue weighted by molar-refractivity contribution is -0.116. The number of aliphatic hydroxyl groups excluding tert-OH is 1. The zero-order chi connectivity index (χ0) is 10.8. The van der Waals surface area contributed by atoms with Gasteiger partial charge in [-0.3, -0.25) is 4.79 Å². The first-order valence-corrected chi connectivity index (χ1v) is 4.96. The molecular weight excluding hydrogens is 178 g/mol. The van der Waals surface area contributed by atoms with Crippen molar-refractivity contribution in [3.63, 3.8) is 0 Å². The summed E-state index contributed by atoms with van der Waals surface area (Å²) in [5.41, 5.74) is 0. The van der Waals surface area contributed by atoms with Gasteiger partial charge < -0.3 is 10.4 Å². The maximum atomic E-state index is 11.1. The third-order valence-corrected chi connectivity index (χ3v) is 1.68. The molecule has 0 aliphatic heterocycles. The molecule has 0 aliphatic rings. The fourth-order valence-corrected chi connectivity index (χ4v) is 0.967. The third-order valence-electron chi connectivity index (χ3n) is 1.68. The van der Waals surface area contributed by atoms with Crippen molar-refractivity contribution in [1.29, 1.82) is 0 Å². The summed E-state index contributed by atoms with van der Waals surface area (Å²) in [6.45, 7) is 4.21. The largest absolute Gasteiger partial charge is 0.391 e. The van der Waals surface area contributed by atoms with Crippen molar-refractivity contribution in [1.82, 2.24) is 5.32 Å². The second-order valence-electron chi connectivity index (χ2n) is 3.07. The van der Waals surface area contributed by atoms with Crippen molar-refractivity contribution in [3.05, 3.63) is 24.3 Å². The van der Waals surface area contributed by atoms with Crippen molar-refractivity contribution < 1.29 is 9.90 Å². The Morgan fingerprint density at radius 3 is 2.79 bits per heavy atom. The van der Waals surface area contributed by atoms with Gasteiger partial charge in [-0.25, -0.2) is 0 Å². The van der Waals surface area contributed by atoms with Gasteiger partial charge in [0.1, 0.15) is 0 Å². The highest BCUT2D eigenvalue weighted by molar-refractivity contribution is 5.87. The van der Waals surface area contributed by atoms with Crippen LogP contribution in [-0.4, -0.2) is 23.7 Å². The Hall–Kier alpha value is -1.09. The fraction of sp³-hybridized carbons (Fsp3) is 0.545. The minimum Gasteiger partial charge on any atom is -0.391 e. The Bertz CT molecular complexity index is 209. The van der Waals surface area contributed by atoms with Gasteiger partial charge in [0.2, 0.25) is 5.91 Å². The fourth-order valence-electron chi connectivity index (χ4n) is 0.967. The van der Waals surface area contributed by atoms with E-state index in [4.69, 9.17) is 0 Å². The summed E-state index contributed by atoms with van der Waals surface area (Å²) in [6, 6.07) is 0. The molecule has 1 unspecified atom stereocenters. The van der Waals surface area contributed by atoms with Gasteiger partial charge in [-0.05, 0) is 13.3 Å². The third kappa shape index (κ3) is 7.55. The molecule has 0 aromatic carbocycles. The molecule has 0 heterocycles. The van der Waals surface area contributed by atoms with Crippen molar-refractivity contribution in [2.45, 2.75) is 32.8 Å². The molecule has 0 aliphatic carbocycles. The van der Waals surface area contributed by atoms with E-state index in [-0.39, 0.29) is 5.91 Å². The lowest BCUT2D eigenvalue weighted by Crippen LogP contribution is -2.30. The molecule has 0 aromatic rings. The summed E-state index contributed by atoms with van der Waals surface area (Å²) in [6.07, 6.45) is 7.95. The van der Waals surface area contributed by atoms with Crippen LogP contribution in [0.15, 0.2) is 24.3 Å². The molecule has 0 saturated heterocycles. The Morgan fingerprint density at radius 2 is 2.21 bits per heavy atom. The highest BCUT2D eigenvalue weighted by Gasteiger charge is 2.02. The molecule has 0 rings (SSSR count). The number of carbonyl (C=O) groups excluding carboxylic acids is 1. The van der Waals surface area contributed by atoms with E-state index in [9.17, 15) is 9.90 Å². The number of carbonyl (C=O) groups is 1. The van der Waals surface area contributed by atoms with Gasteiger partial charge in [0.05, 0.1) is 6.10 Å². The molecule has 3 nitrogen and oxygen atoms in total. The number of allylic oxidation sites excluding steroid dienone is 3. The van der Waals surface area contributed by atoms with Gasteiger partial charge in [0, 0.05) is 12.6 Å². The number of amides is 1. The maximum Gasteiger partial charge on any atom is 0.244 e. The van der Waals surface area contributed by atoms with E-state index in [1.807, 2.05) is 19.9 Å². The van der Waals surface area contributed by atoms with Crippen LogP contribution in [0.1, 0.15) is 26.7 Å². The molecule has 2 N–H and O–H groups in total. The minimum absolute atomic E-state index is 0.168. The van der Waals surface area contributed by atoms with E-state index in [1.165, 1.54) is 6.08 Å². The van der Waals surface area contributed by atoms with Gasteiger partial charge in [0.15, 0.2) is 0 Å². The van der Waals surface area contributed by atoms with E-state index < -0.39 is 6.10 Å². The van der Waals surface area contributed by atoms with Crippen LogP contribution in [0.3, 0.4) is 0 Å². The lowest BCUT2D eigenvalue weighted by Gasteiger charge is -2.08. The molecule has 1 atom stereocenters. The first-order chi connectivity index (χ1) is 6.70. The van der Waals surface area contributed by atoms with Crippen molar-refractivity contribution in [3.8, 4) is 0 Å². The monoisotopic (exact) mass is 197 g/mol. The van der Waals surface area contributed by atoms with Crippen LogP contribution >= 0.6 is 0 Å². The second kappa shape index (κ2) is 8.51. The number of nitrogens with one attached hydrogen (secondary N) is 1. The smallest absolute Gasteiger partial charge is 0.244 e. The molecule has 0 aromatic heterocycles. The van der Waals surface area contributed by atoms with Crippen LogP contribution in [0.25, 0.3) is 0 Å². The summed E-state index contributed by atoms with van der Waals surface area (Å²) in [5.74, 6) is -0.168. The van der Waals surface area contributed by atoms with Gasteiger partial charge >= 0.3 is 0 Å². The summed E-state index contributed by atoms with van der Waals surface area (Å²) in [4.78, 5) is 11.1. The molecule has 0 bridgehead atoms. The van der Waals surface area contributed by atoms with Gasteiger partial charge in [0.25, 0.3) is 0 Å². The zero-order valence-electron chi connectivity index (χ0n) is 8.86. The van der Waals surface area contributed by atoms with E-state index >= 15 is 0 Å². The second-order valence-corrected chi connectivity index (χ2v) is 3.07. The van der Waals surface area contributed by atoms with Crippen LogP contribution in [-0.2, 0) is 4.79 Å². The van der Waals surface area contributed by atoms with Crippen LogP contribution in [0.5, 0.6) is 0 Å². The van der Waals surface area contributed by atoms with Crippen LogP contribution in [0, 0.1) is 0 Å². The summed E-state index contributed by atoms with van der Waals surface area (Å²) < 4.78 is 0. The first kappa shape index (κ1) is 12.9. The van der Waals surface area contributed by atoms with E-state index in [0.717, 1.165) is 12.8 Å². The van der Waals surface area contributed by atoms with Crippen molar-refractivity contribution >= 4 is 5.91 Å². The topological polar surface area (TPSA) is 49.3 Å². The number of rotatable bonds is 6.